The van der Waals surface area contributed by atoms with E-state index < -0.39 is 11.6 Å². The highest BCUT2D eigenvalue weighted by Gasteiger charge is 2.22. The van der Waals surface area contributed by atoms with E-state index in [0.717, 1.165) is 17.8 Å². The molecular formula is C17H15ClF2N6O. The molecule has 0 radical (unpaired) electrons. The lowest BCUT2D eigenvalue weighted by atomic mass is 10.1. The Hall–Kier alpha value is -2.65. The topological polar surface area (TPSA) is 79.4 Å². The first-order valence-electron chi connectivity index (χ1n) is 8.29. The summed E-state index contributed by atoms with van der Waals surface area (Å²) in [7, 11) is 0. The van der Waals surface area contributed by atoms with Crippen molar-refractivity contribution in [3.63, 3.8) is 0 Å². The molecule has 27 heavy (non-hydrogen) atoms. The Morgan fingerprint density at radius 3 is 2.81 bits per heavy atom. The first kappa shape index (κ1) is 17.7. The monoisotopic (exact) mass is 392 g/mol. The number of hydrazone groups is 1. The third-order valence-corrected chi connectivity index (χ3v) is 4.79. The van der Waals surface area contributed by atoms with Crippen LogP contribution < -0.4 is 0 Å². The van der Waals surface area contributed by atoms with E-state index in [9.17, 15) is 8.78 Å². The Morgan fingerprint density at radius 2 is 2.00 bits per heavy atom. The van der Waals surface area contributed by atoms with E-state index in [-0.39, 0.29) is 29.7 Å². The molecule has 1 aliphatic rings. The van der Waals surface area contributed by atoms with Crippen molar-refractivity contribution in [3.8, 4) is 0 Å². The molecule has 10 heteroatoms. The SMILES string of the molecule is OCCN1CC(c2ccc3nnn(Cc4c(F)ccc(F)c4Cl)c3n2)C=N1. The molecule has 0 aliphatic carbocycles. The van der Waals surface area contributed by atoms with Gasteiger partial charge in [-0.15, -0.1) is 5.10 Å². The van der Waals surface area contributed by atoms with Gasteiger partial charge in [-0.05, 0) is 24.3 Å². The van der Waals surface area contributed by atoms with Crippen LogP contribution in [0.2, 0.25) is 5.02 Å². The number of aliphatic hydroxyl groups excluding tert-OH is 1. The molecule has 0 fully saturated rings. The fourth-order valence-corrected chi connectivity index (χ4v) is 3.19. The molecule has 3 aromatic rings. The van der Waals surface area contributed by atoms with Gasteiger partial charge in [0.05, 0.1) is 36.3 Å². The van der Waals surface area contributed by atoms with E-state index in [1.807, 2.05) is 6.07 Å². The van der Waals surface area contributed by atoms with Crippen molar-refractivity contribution < 1.29 is 13.9 Å². The lowest BCUT2D eigenvalue weighted by Gasteiger charge is -2.14. The molecule has 0 saturated heterocycles. The zero-order valence-corrected chi connectivity index (χ0v) is 14.8. The third kappa shape index (κ3) is 3.35. The summed E-state index contributed by atoms with van der Waals surface area (Å²) < 4.78 is 29.1. The summed E-state index contributed by atoms with van der Waals surface area (Å²) in [6.45, 7) is 0.981. The molecular weight excluding hydrogens is 378 g/mol. The van der Waals surface area contributed by atoms with Gasteiger partial charge in [-0.2, -0.15) is 5.10 Å². The minimum Gasteiger partial charge on any atom is -0.394 e. The average molecular weight is 393 g/mol. The fourth-order valence-electron chi connectivity index (χ4n) is 2.98. The van der Waals surface area contributed by atoms with E-state index in [1.54, 1.807) is 17.3 Å². The first-order valence-corrected chi connectivity index (χ1v) is 8.67. The van der Waals surface area contributed by atoms with Gasteiger partial charge < -0.3 is 5.11 Å². The molecule has 1 atom stereocenters. The lowest BCUT2D eigenvalue weighted by molar-refractivity contribution is 0.210. The molecule has 4 rings (SSSR count). The predicted octanol–water partition coefficient (Wildman–Crippen LogP) is 2.18. The molecule has 1 aliphatic heterocycles. The number of halogens is 3. The van der Waals surface area contributed by atoms with E-state index in [2.05, 4.69) is 20.4 Å². The zero-order valence-electron chi connectivity index (χ0n) is 14.1. The predicted molar refractivity (Wildman–Crippen MR) is 95.7 cm³/mol. The number of benzene rings is 1. The minimum absolute atomic E-state index is 0.00720. The van der Waals surface area contributed by atoms with Crippen LogP contribution in [-0.4, -0.2) is 56.0 Å². The van der Waals surface area contributed by atoms with Crippen molar-refractivity contribution in [1.82, 2.24) is 25.0 Å². The Kier molecular flexibility index (Phi) is 4.71. The number of pyridine rings is 1. The standard InChI is InChI=1S/C17H15ClF2N6O/c18-16-11(12(19)1-2-13(16)20)9-26-17-15(23-24-26)4-3-14(22-17)10-7-21-25(8-10)5-6-27/h1-4,7,10,27H,5-6,8-9H2. The van der Waals surface area contributed by atoms with Crippen molar-refractivity contribution >= 4 is 29.0 Å². The number of aliphatic hydroxyl groups is 1. The number of aromatic nitrogens is 4. The van der Waals surface area contributed by atoms with Gasteiger partial charge in [-0.25, -0.2) is 18.4 Å². The van der Waals surface area contributed by atoms with Gasteiger partial charge in [-0.1, -0.05) is 16.8 Å². The Bertz CT molecular complexity index is 1020. The van der Waals surface area contributed by atoms with Crippen molar-refractivity contribution in [2.24, 2.45) is 5.10 Å². The third-order valence-electron chi connectivity index (χ3n) is 4.38. The minimum atomic E-state index is -0.697. The van der Waals surface area contributed by atoms with Gasteiger partial charge in [0.15, 0.2) is 5.65 Å². The summed E-state index contributed by atoms with van der Waals surface area (Å²) in [6, 6.07) is 5.61. The maximum absolute atomic E-state index is 14.1. The van der Waals surface area contributed by atoms with Gasteiger partial charge in [0.1, 0.15) is 17.2 Å². The van der Waals surface area contributed by atoms with Crippen molar-refractivity contribution in [3.05, 3.63) is 52.2 Å². The van der Waals surface area contributed by atoms with Gasteiger partial charge in [-0.3, -0.25) is 5.01 Å². The molecule has 0 saturated carbocycles. The van der Waals surface area contributed by atoms with Crippen LogP contribution in [0, 0.1) is 11.6 Å². The summed E-state index contributed by atoms with van der Waals surface area (Å²) in [5.41, 5.74) is 1.73. The second-order valence-corrected chi connectivity index (χ2v) is 6.53. The van der Waals surface area contributed by atoms with E-state index in [4.69, 9.17) is 16.7 Å². The number of rotatable bonds is 5. The highest BCUT2D eigenvalue weighted by molar-refractivity contribution is 6.31. The lowest BCUT2D eigenvalue weighted by Crippen LogP contribution is -2.21. The Labute approximate surface area is 157 Å². The van der Waals surface area contributed by atoms with E-state index in [0.29, 0.717) is 24.3 Å². The Morgan fingerprint density at radius 1 is 1.19 bits per heavy atom. The maximum Gasteiger partial charge on any atom is 0.179 e. The zero-order chi connectivity index (χ0) is 19.0. The molecule has 0 spiro atoms. The van der Waals surface area contributed by atoms with E-state index in [1.165, 1.54) is 4.68 Å². The van der Waals surface area contributed by atoms with Crippen LogP contribution in [0.1, 0.15) is 17.2 Å². The highest BCUT2D eigenvalue weighted by Crippen LogP contribution is 2.25. The molecule has 0 bridgehead atoms. The fraction of sp³-hybridized carbons (Fsp3) is 0.294. The van der Waals surface area contributed by atoms with Crippen LogP contribution in [0.3, 0.4) is 0 Å². The quantitative estimate of drug-likeness (QED) is 0.673. The summed E-state index contributed by atoms with van der Waals surface area (Å²) in [5, 5.41) is 22.7. The summed E-state index contributed by atoms with van der Waals surface area (Å²) >= 11 is 5.91. The summed E-state index contributed by atoms with van der Waals surface area (Å²) in [4.78, 5) is 4.59. The van der Waals surface area contributed by atoms with Gasteiger partial charge in [0, 0.05) is 18.3 Å². The normalized spacial score (nSPS) is 16.6. The molecule has 1 N–H and O–H groups in total. The average Bonchev–Trinajstić information content (AvgIpc) is 3.29. The van der Waals surface area contributed by atoms with E-state index >= 15 is 0 Å². The molecule has 1 unspecified atom stereocenters. The Balaban J connectivity index is 1.66. The number of hydrogen-bond acceptors (Lipinski definition) is 6. The van der Waals surface area contributed by atoms with Crippen LogP contribution in [0.25, 0.3) is 11.2 Å². The van der Waals surface area contributed by atoms with Crippen molar-refractivity contribution in [2.45, 2.75) is 12.5 Å². The van der Waals surface area contributed by atoms with Crippen LogP contribution in [0.4, 0.5) is 8.78 Å². The first-order chi connectivity index (χ1) is 13.1. The largest absolute Gasteiger partial charge is 0.394 e. The maximum atomic E-state index is 14.1. The number of β-amino-alcohol motifs (C(OH)–C–C–N with tert-alkyl or cyclic N) is 1. The summed E-state index contributed by atoms with van der Waals surface area (Å²) in [6.07, 6.45) is 1.76. The molecule has 3 heterocycles. The molecule has 7 nitrogen and oxygen atoms in total. The number of hydrogen-bond donors (Lipinski definition) is 1. The highest BCUT2D eigenvalue weighted by atomic mass is 35.5. The van der Waals surface area contributed by atoms with Crippen molar-refractivity contribution in [1.29, 1.82) is 0 Å². The number of fused-ring (bicyclic) bond motifs is 1. The van der Waals surface area contributed by atoms with Gasteiger partial charge >= 0.3 is 0 Å². The van der Waals surface area contributed by atoms with Gasteiger partial charge in [0.25, 0.3) is 0 Å². The molecule has 140 valence electrons. The smallest absolute Gasteiger partial charge is 0.179 e. The molecule has 0 amide bonds. The molecule has 1 aromatic carbocycles. The summed E-state index contributed by atoms with van der Waals surface area (Å²) in [5.74, 6) is -1.36. The number of nitrogens with zero attached hydrogens (tertiary/aromatic N) is 6. The second kappa shape index (κ2) is 7.16. The van der Waals surface area contributed by atoms with Crippen LogP contribution in [0.5, 0.6) is 0 Å². The van der Waals surface area contributed by atoms with Crippen LogP contribution in [0.15, 0.2) is 29.4 Å². The van der Waals surface area contributed by atoms with Crippen LogP contribution in [-0.2, 0) is 6.54 Å². The van der Waals surface area contributed by atoms with Crippen LogP contribution >= 0.6 is 11.6 Å². The van der Waals surface area contributed by atoms with Crippen molar-refractivity contribution in [2.75, 3.05) is 19.7 Å². The van der Waals surface area contributed by atoms with Gasteiger partial charge in [0.2, 0.25) is 0 Å². The molecule has 2 aromatic heterocycles. The second-order valence-electron chi connectivity index (χ2n) is 6.15.